The third-order valence-electron chi connectivity index (χ3n) is 3.68. The normalized spacial score (nSPS) is 16.0. The molecule has 0 aromatic carbocycles. The zero-order valence-electron chi connectivity index (χ0n) is 12.6. The SMILES string of the molecule is CCCC(=O)NC1CCN(C(=O)c2nn(C)cc2N)CC1. The first-order valence-electron chi connectivity index (χ1n) is 7.39. The van der Waals surface area contributed by atoms with Crippen LogP contribution >= 0.6 is 0 Å². The van der Waals surface area contributed by atoms with Crippen molar-refractivity contribution in [2.24, 2.45) is 7.05 Å². The molecule has 0 saturated carbocycles. The molecule has 7 heteroatoms. The number of amides is 2. The van der Waals surface area contributed by atoms with Crippen molar-refractivity contribution in [3.05, 3.63) is 11.9 Å². The molecule has 2 rings (SSSR count). The smallest absolute Gasteiger partial charge is 0.276 e. The molecule has 0 atom stereocenters. The van der Waals surface area contributed by atoms with Crippen LogP contribution in [-0.4, -0.2) is 45.6 Å². The van der Waals surface area contributed by atoms with Gasteiger partial charge in [-0.25, -0.2) is 0 Å². The molecule has 1 aliphatic heterocycles. The zero-order chi connectivity index (χ0) is 15.4. The Hall–Kier alpha value is -2.05. The fourth-order valence-electron chi connectivity index (χ4n) is 2.58. The number of nitrogens with two attached hydrogens (primary N) is 1. The van der Waals surface area contributed by atoms with E-state index in [2.05, 4.69) is 10.4 Å². The molecule has 0 spiro atoms. The highest BCUT2D eigenvalue weighted by molar-refractivity contribution is 5.97. The van der Waals surface area contributed by atoms with Gasteiger partial charge in [-0.05, 0) is 19.3 Å². The van der Waals surface area contributed by atoms with Gasteiger partial charge in [0.1, 0.15) is 0 Å². The molecule has 2 amide bonds. The Labute approximate surface area is 124 Å². The van der Waals surface area contributed by atoms with E-state index in [1.165, 1.54) is 0 Å². The van der Waals surface area contributed by atoms with Crippen molar-refractivity contribution in [3.8, 4) is 0 Å². The van der Waals surface area contributed by atoms with Gasteiger partial charge >= 0.3 is 0 Å². The molecule has 1 aliphatic rings. The molecule has 116 valence electrons. The fourth-order valence-corrected chi connectivity index (χ4v) is 2.58. The lowest BCUT2D eigenvalue weighted by Crippen LogP contribution is -2.46. The van der Waals surface area contributed by atoms with Crippen LogP contribution in [0, 0.1) is 0 Å². The van der Waals surface area contributed by atoms with E-state index in [0.29, 0.717) is 30.9 Å². The topological polar surface area (TPSA) is 93.2 Å². The highest BCUT2D eigenvalue weighted by Crippen LogP contribution is 2.16. The minimum absolute atomic E-state index is 0.0937. The molecule has 7 nitrogen and oxygen atoms in total. The van der Waals surface area contributed by atoms with E-state index in [4.69, 9.17) is 5.73 Å². The third kappa shape index (κ3) is 3.74. The van der Waals surface area contributed by atoms with Crippen LogP contribution in [0.15, 0.2) is 6.20 Å². The second-order valence-electron chi connectivity index (χ2n) is 5.49. The van der Waals surface area contributed by atoms with Gasteiger partial charge in [0.05, 0.1) is 5.69 Å². The summed E-state index contributed by atoms with van der Waals surface area (Å²) in [5.74, 6) is -0.0392. The van der Waals surface area contributed by atoms with Gasteiger partial charge in [0.25, 0.3) is 5.91 Å². The third-order valence-corrected chi connectivity index (χ3v) is 3.68. The molecule has 21 heavy (non-hydrogen) atoms. The molecule has 0 bridgehead atoms. The largest absolute Gasteiger partial charge is 0.396 e. The van der Waals surface area contributed by atoms with E-state index >= 15 is 0 Å². The van der Waals surface area contributed by atoms with E-state index in [1.54, 1.807) is 22.8 Å². The molecule has 1 aromatic heterocycles. The summed E-state index contributed by atoms with van der Waals surface area (Å²) in [5.41, 5.74) is 6.50. The number of hydrogen-bond acceptors (Lipinski definition) is 4. The van der Waals surface area contributed by atoms with Crippen LogP contribution in [0.3, 0.4) is 0 Å². The molecule has 3 N–H and O–H groups in total. The minimum Gasteiger partial charge on any atom is -0.396 e. The van der Waals surface area contributed by atoms with Gasteiger partial charge in [-0.1, -0.05) is 6.92 Å². The maximum absolute atomic E-state index is 12.3. The monoisotopic (exact) mass is 293 g/mol. The first kappa shape index (κ1) is 15.3. The van der Waals surface area contributed by atoms with E-state index in [9.17, 15) is 9.59 Å². The van der Waals surface area contributed by atoms with Gasteiger partial charge in [-0.15, -0.1) is 0 Å². The molecule has 0 aliphatic carbocycles. The predicted molar refractivity (Wildman–Crippen MR) is 79.6 cm³/mol. The maximum Gasteiger partial charge on any atom is 0.276 e. The summed E-state index contributed by atoms with van der Waals surface area (Å²) in [6.45, 7) is 3.22. The number of rotatable bonds is 4. The van der Waals surface area contributed by atoms with Gasteiger partial charge in [0.15, 0.2) is 5.69 Å². The molecule has 2 heterocycles. The standard InChI is InChI=1S/C14H23N5O2/c1-3-4-12(20)16-10-5-7-19(8-6-10)14(21)13-11(15)9-18(2)17-13/h9-10H,3-8,15H2,1-2H3,(H,16,20). The molecule has 1 aromatic rings. The van der Waals surface area contributed by atoms with Crippen molar-refractivity contribution in [1.29, 1.82) is 0 Å². The van der Waals surface area contributed by atoms with Crippen molar-refractivity contribution in [3.63, 3.8) is 0 Å². The van der Waals surface area contributed by atoms with E-state index in [1.807, 2.05) is 6.92 Å². The summed E-state index contributed by atoms with van der Waals surface area (Å²) in [6.07, 6.45) is 4.58. The minimum atomic E-state index is -0.133. The number of aryl methyl sites for hydroxylation is 1. The van der Waals surface area contributed by atoms with E-state index < -0.39 is 0 Å². The van der Waals surface area contributed by atoms with Crippen molar-refractivity contribution < 1.29 is 9.59 Å². The van der Waals surface area contributed by atoms with Gasteiger partial charge in [-0.2, -0.15) is 5.10 Å². The number of anilines is 1. The molecule has 1 fully saturated rings. The summed E-state index contributed by atoms with van der Waals surface area (Å²) in [6, 6.07) is 0.161. The van der Waals surface area contributed by atoms with Crippen LogP contribution in [0.4, 0.5) is 5.69 Å². The van der Waals surface area contributed by atoms with Crippen LogP contribution in [0.1, 0.15) is 43.1 Å². The number of nitrogens with one attached hydrogen (secondary N) is 1. The summed E-state index contributed by atoms with van der Waals surface area (Å²) >= 11 is 0. The Morgan fingerprint density at radius 3 is 2.62 bits per heavy atom. The van der Waals surface area contributed by atoms with Crippen LogP contribution in [0.5, 0.6) is 0 Å². The summed E-state index contributed by atoms with van der Waals surface area (Å²) in [4.78, 5) is 25.7. The van der Waals surface area contributed by atoms with E-state index in [0.717, 1.165) is 19.3 Å². The zero-order valence-corrected chi connectivity index (χ0v) is 12.6. The van der Waals surface area contributed by atoms with Crippen LogP contribution < -0.4 is 11.1 Å². The lowest BCUT2D eigenvalue weighted by Gasteiger charge is -2.32. The number of carbonyl (C=O) groups is 2. The Balaban J connectivity index is 1.87. The maximum atomic E-state index is 12.3. The van der Waals surface area contributed by atoms with Crippen LogP contribution in [0.2, 0.25) is 0 Å². The Morgan fingerprint density at radius 2 is 2.10 bits per heavy atom. The van der Waals surface area contributed by atoms with E-state index in [-0.39, 0.29) is 17.9 Å². The molecular formula is C14H23N5O2. The number of hydrogen-bond donors (Lipinski definition) is 2. The van der Waals surface area contributed by atoms with Gasteiger partial charge in [0, 0.05) is 38.8 Å². The lowest BCUT2D eigenvalue weighted by atomic mass is 10.0. The molecule has 1 saturated heterocycles. The summed E-state index contributed by atoms with van der Waals surface area (Å²) in [7, 11) is 1.74. The fraction of sp³-hybridized carbons (Fsp3) is 0.643. The Bertz CT molecular complexity index is 517. The highest BCUT2D eigenvalue weighted by atomic mass is 16.2. The number of piperidine rings is 1. The van der Waals surface area contributed by atoms with Gasteiger partial charge in [-0.3, -0.25) is 14.3 Å². The van der Waals surface area contributed by atoms with Crippen molar-refractivity contribution in [2.45, 2.75) is 38.6 Å². The summed E-state index contributed by atoms with van der Waals surface area (Å²) in [5, 5.41) is 7.12. The van der Waals surface area contributed by atoms with Gasteiger partial charge < -0.3 is 16.0 Å². The van der Waals surface area contributed by atoms with Crippen molar-refractivity contribution in [2.75, 3.05) is 18.8 Å². The number of nitrogen functional groups attached to an aromatic ring is 1. The first-order chi connectivity index (χ1) is 10.0. The predicted octanol–water partition coefficient (Wildman–Crippen LogP) is 0.523. The quantitative estimate of drug-likeness (QED) is 0.846. The first-order valence-corrected chi connectivity index (χ1v) is 7.39. The molecule has 0 radical (unpaired) electrons. The van der Waals surface area contributed by atoms with Crippen molar-refractivity contribution >= 4 is 17.5 Å². The van der Waals surface area contributed by atoms with Crippen LogP contribution in [0.25, 0.3) is 0 Å². The second kappa shape index (κ2) is 6.60. The Kier molecular flexibility index (Phi) is 4.82. The average molecular weight is 293 g/mol. The molecule has 0 unspecified atom stereocenters. The summed E-state index contributed by atoms with van der Waals surface area (Å²) < 4.78 is 1.54. The lowest BCUT2D eigenvalue weighted by molar-refractivity contribution is -0.122. The number of carbonyl (C=O) groups excluding carboxylic acids is 2. The Morgan fingerprint density at radius 1 is 1.43 bits per heavy atom. The van der Waals surface area contributed by atoms with Gasteiger partial charge in [0.2, 0.25) is 5.91 Å². The highest BCUT2D eigenvalue weighted by Gasteiger charge is 2.26. The number of nitrogens with zero attached hydrogens (tertiary/aromatic N) is 3. The second-order valence-corrected chi connectivity index (χ2v) is 5.49. The number of aromatic nitrogens is 2. The van der Waals surface area contributed by atoms with Crippen LogP contribution in [-0.2, 0) is 11.8 Å². The average Bonchev–Trinajstić information content (AvgIpc) is 2.78. The van der Waals surface area contributed by atoms with Crippen molar-refractivity contribution in [1.82, 2.24) is 20.0 Å². The molecular weight excluding hydrogens is 270 g/mol. The number of likely N-dealkylation sites (tertiary alicyclic amines) is 1.